The molecule has 2 aromatic rings. The minimum absolute atomic E-state index is 0.0533. The van der Waals surface area contributed by atoms with E-state index in [0.29, 0.717) is 5.56 Å². The maximum atomic E-state index is 12.3. The van der Waals surface area contributed by atoms with E-state index in [0.717, 1.165) is 11.3 Å². The van der Waals surface area contributed by atoms with Gasteiger partial charge in [-0.05, 0) is 17.0 Å². The van der Waals surface area contributed by atoms with Crippen molar-refractivity contribution < 1.29 is 4.79 Å². The second-order valence-corrected chi connectivity index (χ2v) is 6.21. The van der Waals surface area contributed by atoms with Crippen LogP contribution in [-0.2, 0) is 17.3 Å². The van der Waals surface area contributed by atoms with Gasteiger partial charge in [-0.1, -0.05) is 39.0 Å². The number of nitrogens with two attached hydrogens (primary N) is 1. The van der Waals surface area contributed by atoms with Crippen LogP contribution in [-0.4, -0.2) is 15.7 Å². The molecule has 21 heavy (non-hydrogen) atoms. The molecule has 0 aliphatic carbocycles. The standard InChI is InChI=1S/C16H22N4O/c1-16(2,3)12-7-5-6-8-13(12)19-15(21)14(17)11-9-18-20(4)10-11/h5-10,14H,17H2,1-4H3,(H,19,21). The molecule has 1 atom stereocenters. The van der Waals surface area contributed by atoms with Crippen LogP contribution in [0, 0.1) is 0 Å². The predicted molar refractivity (Wildman–Crippen MR) is 83.9 cm³/mol. The van der Waals surface area contributed by atoms with E-state index >= 15 is 0 Å². The summed E-state index contributed by atoms with van der Waals surface area (Å²) in [6.45, 7) is 6.33. The zero-order valence-electron chi connectivity index (χ0n) is 12.9. The molecule has 112 valence electrons. The summed E-state index contributed by atoms with van der Waals surface area (Å²) >= 11 is 0. The molecule has 5 heteroatoms. The van der Waals surface area contributed by atoms with Gasteiger partial charge in [-0.15, -0.1) is 0 Å². The minimum Gasteiger partial charge on any atom is -0.324 e. The lowest BCUT2D eigenvalue weighted by atomic mass is 9.86. The van der Waals surface area contributed by atoms with Crippen molar-refractivity contribution in [2.45, 2.75) is 32.2 Å². The van der Waals surface area contributed by atoms with Gasteiger partial charge in [-0.3, -0.25) is 9.48 Å². The van der Waals surface area contributed by atoms with Gasteiger partial charge in [0, 0.05) is 24.5 Å². The Hall–Kier alpha value is -2.14. The quantitative estimate of drug-likeness (QED) is 0.909. The molecule has 3 N–H and O–H groups in total. The number of aromatic nitrogens is 2. The molecule has 1 amide bonds. The average Bonchev–Trinajstić information content (AvgIpc) is 2.84. The van der Waals surface area contributed by atoms with Crippen LogP contribution in [0.15, 0.2) is 36.7 Å². The first-order valence-electron chi connectivity index (χ1n) is 6.93. The first kappa shape index (κ1) is 15.3. The number of aryl methyl sites for hydroxylation is 1. The molecule has 1 heterocycles. The van der Waals surface area contributed by atoms with Crippen LogP contribution >= 0.6 is 0 Å². The Morgan fingerprint density at radius 3 is 2.57 bits per heavy atom. The highest BCUT2D eigenvalue weighted by Crippen LogP contribution is 2.29. The number of anilines is 1. The van der Waals surface area contributed by atoms with Crippen molar-refractivity contribution in [1.29, 1.82) is 0 Å². The third kappa shape index (κ3) is 3.49. The Morgan fingerprint density at radius 2 is 2.00 bits per heavy atom. The number of benzene rings is 1. The zero-order chi connectivity index (χ0) is 15.6. The molecule has 0 spiro atoms. The SMILES string of the molecule is Cn1cc(C(N)C(=O)Nc2ccccc2C(C)(C)C)cn1. The average molecular weight is 286 g/mol. The lowest BCUT2D eigenvalue weighted by Crippen LogP contribution is -2.28. The van der Waals surface area contributed by atoms with Gasteiger partial charge in [0.1, 0.15) is 6.04 Å². The molecule has 0 aliphatic rings. The summed E-state index contributed by atoms with van der Waals surface area (Å²) in [6, 6.07) is 7.06. The van der Waals surface area contributed by atoms with Crippen LogP contribution in [0.25, 0.3) is 0 Å². The highest BCUT2D eigenvalue weighted by molar-refractivity contribution is 5.96. The van der Waals surface area contributed by atoms with E-state index in [1.54, 1.807) is 24.1 Å². The smallest absolute Gasteiger partial charge is 0.246 e. The Kier molecular flexibility index (Phi) is 4.14. The molecule has 0 aliphatic heterocycles. The second kappa shape index (κ2) is 5.69. The van der Waals surface area contributed by atoms with Gasteiger partial charge in [-0.25, -0.2) is 0 Å². The number of nitrogens with zero attached hydrogens (tertiary/aromatic N) is 2. The van der Waals surface area contributed by atoms with Crippen molar-refractivity contribution >= 4 is 11.6 Å². The van der Waals surface area contributed by atoms with E-state index in [1.165, 1.54) is 0 Å². The summed E-state index contributed by atoms with van der Waals surface area (Å²) in [6.07, 6.45) is 3.36. The van der Waals surface area contributed by atoms with E-state index in [9.17, 15) is 4.79 Å². The highest BCUT2D eigenvalue weighted by atomic mass is 16.2. The topological polar surface area (TPSA) is 72.9 Å². The van der Waals surface area contributed by atoms with E-state index in [2.05, 4.69) is 31.2 Å². The lowest BCUT2D eigenvalue weighted by Gasteiger charge is -2.23. The summed E-state index contributed by atoms with van der Waals surface area (Å²) in [5.74, 6) is -0.236. The molecule has 0 bridgehead atoms. The summed E-state index contributed by atoms with van der Waals surface area (Å²) in [7, 11) is 1.79. The number of carbonyl (C=O) groups excluding carboxylic acids is 1. The van der Waals surface area contributed by atoms with Gasteiger partial charge in [-0.2, -0.15) is 5.10 Å². The van der Waals surface area contributed by atoms with Crippen molar-refractivity contribution in [2.75, 3.05) is 5.32 Å². The van der Waals surface area contributed by atoms with E-state index < -0.39 is 6.04 Å². The number of hydrogen-bond donors (Lipinski definition) is 2. The van der Waals surface area contributed by atoms with Crippen molar-refractivity contribution in [2.24, 2.45) is 12.8 Å². The number of hydrogen-bond acceptors (Lipinski definition) is 3. The van der Waals surface area contributed by atoms with Gasteiger partial charge in [0.25, 0.3) is 0 Å². The van der Waals surface area contributed by atoms with E-state index in [-0.39, 0.29) is 11.3 Å². The number of carbonyl (C=O) groups is 1. The number of nitrogens with one attached hydrogen (secondary N) is 1. The van der Waals surface area contributed by atoms with E-state index in [4.69, 9.17) is 5.73 Å². The largest absolute Gasteiger partial charge is 0.324 e. The van der Waals surface area contributed by atoms with E-state index in [1.807, 2.05) is 24.3 Å². The third-order valence-electron chi connectivity index (χ3n) is 3.36. The van der Waals surface area contributed by atoms with Gasteiger partial charge in [0.05, 0.1) is 6.20 Å². The molecule has 5 nitrogen and oxygen atoms in total. The molecule has 1 unspecified atom stereocenters. The molecule has 0 saturated carbocycles. The van der Waals surface area contributed by atoms with Gasteiger partial charge in [0.2, 0.25) is 5.91 Å². The Balaban J connectivity index is 2.20. The first-order valence-corrected chi connectivity index (χ1v) is 6.93. The van der Waals surface area contributed by atoms with Crippen molar-refractivity contribution in [3.05, 3.63) is 47.8 Å². The molecule has 0 saturated heterocycles. The van der Waals surface area contributed by atoms with Gasteiger partial charge < -0.3 is 11.1 Å². The summed E-state index contributed by atoms with van der Waals surface area (Å²) in [4.78, 5) is 12.3. The highest BCUT2D eigenvalue weighted by Gasteiger charge is 2.22. The van der Waals surface area contributed by atoms with Gasteiger partial charge >= 0.3 is 0 Å². The Labute approximate surface area is 125 Å². The van der Waals surface area contributed by atoms with Gasteiger partial charge in [0.15, 0.2) is 0 Å². The molecule has 2 rings (SSSR count). The number of amides is 1. The Morgan fingerprint density at radius 1 is 1.33 bits per heavy atom. The Bertz CT molecular complexity index is 640. The van der Waals surface area contributed by atoms with Crippen molar-refractivity contribution in [3.63, 3.8) is 0 Å². The fraction of sp³-hybridized carbons (Fsp3) is 0.375. The maximum Gasteiger partial charge on any atom is 0.246 e. The van der Waals surface area contributed by atoms with Crippen LogP contribution in [0.2, 0.25) is 0 Å². The summed E-state index contributed by atoms with van der Waals surface area (Å²) < 4.78 is 1.63. The molecular formula is C16H22N4O. The lowest BCUT2D eigenvalue weighted by molar-refractivity contribution is -0.117. The third-order valence-corrected chi connectivity index (χ3v) is 3.36. The number of para-hydroxylation sites is 1. The fourth-order valence-electron chi connectivity index (χ4n) is 2.21. The summed E-state index contributed by atoms with van der Waals surface area (Å²) in [5, 5.41) is 6.96. The van der Waals surface area contributed by atoms with Crippen molar-refractivity contribution in [1.82, 2.24) is 9.78 Å². The number of rotatable bonds is 3. The zero-order valence-corrected chi connectivity index (χ0v) is 12.9. The molecular weight excluding hydrogens is 264 g/mol. The molecule has 0 fully saturated rings. The van der Waals surface area contributed by atoms with Crippen LogP contribution in [0.4, 0.5) is 5.69 Å². The monoisotopic (exact) mass is 286 g/mol. The molecule has 1 aromatic carbocycles. The maximum absolute atomic E-state index is 12.3. The first-order chi connectivity index (χ1) is 9.79. The molecule has 1 aromatic heterocycles. The second-order valence-electron chi connectivity index (χ2n) is 6.21. The fourth-order valence-corrected chi connectivity index (χ4v) is 2.21. The van der Waals surface area contributed by atoms with Crippen LogP contribution < -0.4 is 11.1 Å². The van der Waals surface area contributed by atoms with Crippen LogP contribution in [0.3, 0.4) is 0 Å². The van der Waals surface area contributed by atoms with Crippen LogP contribution in [0.5, 0.6) is 0 Å². The van der Waals surface area contributed by atoms with Crippen LogP contribution in [0.1, 0.15) is 37.9 Å². The normalized spacial score (nSPS) is 13.0. The predicted octanol–water partition coefficient (Wildman–Crippen LogP) is 2.36. The summed E-state index contributed by atoms with van der Waals surface area (Å²) in [5.41, 5.74) is 8.52. The molecule has 0 radical (unpaired) electrons. The minimum atomic E-state index is -0.730. The van der Waals surface area contributed by atoms with Crippen molar-refractivity contribution in [3.8, 4) is 0 Å².